The molecule has 0 saturated heterocycles. The SMILES string of the molecule is Cc1ccc(C(=O)Cn2cnc3c2c(=O)n(Cc2ccco2)c(=O)n3-c2ccc(F)cc2)c(C)c1. The summed E-state index contributed by atoms with van der Waals surface area (Å²) < 4.78 is 22.6. The van der Waals surface area contributed by atoms with Gasteiger partial charge in [-0.25, -0.2) is 18.7 Å². The Hall–Kier alpha value is -4.53. The van der Waals surface area contributed by atoms with Gasteiger partial charge >= 0.3 is 5.69 Å². The topological polar surface area (TPSA) is 92.0 Å². The number of Topliss-reactive ketones (excluding diaryl/α,β-unsaturated/α-hetero) is 1. The average Bonchev–Trinajstić information content (AvgIpc) is 3.48. The van der Waals surface area contributed by atoms with E-state index in [1.807, 2.05) is 26.0 Å². The number of benzene rings is 2. The summed E-state index contributed by atoms with van der Waals surface area (Å²) in [4.78, 5) is 44.3. The van der Waals surface area contributed by atoms with Gasteiger partial charge in [-0.05, 0) is 55.8 Å². The number of hydrogen-bond donors (Lipinski definition) is 0. The first-order chi connectivity index (χ1) is 16.8. The molecular weight excluding hydrogens is 451 g/mol. The number of ketones is 1. The highest BCUT2D eigenvalue weighted by Gasteiger charge is 2.21. The van der Waals surface area contributed by atoms with Gasteiger partial charge in [0.05, 0.1) is 31.4 Å². The maximum absolute atomic E-state index is 13.6. The molecule has 5 rings (SSSR count). The van der Waals surface area contributed by atoms with E-state index in [9.17, 15) is 18.8 Å². The molecule has 0 atom stereocenters. The zero-order chi connectivity index (χ0) is 24.7. The van der Waals surface area contributed by atoms with Gasteiger partial charge in [-0.3, -0.25) is 14.2 Å². The smallest absolute Gasteiger partial charge is 0.337 e. The lowest BCUT2D eigenvalue weighted by molar-refractivity contribution is 0.0972. The summed E-state index contributed by atoms with van der Waals surface area (Å²) in [6.07, 6.45) is 2.81. The summed E-state index contributed by atoms with van der Waals surface area (Å²) in [6, 6.07) is 14.1. The zero-order valence-electron chi connectivity index (χ0n) is 19.1. The monoisotopic (exact) mass is 472 g/mol. The molecule has 3 heterocycles. The highest BCUT2D eigenvalue weighted by molar-refractivity contribution is 5.98. The Bertz CT molecular complexity index is 1680. The lowest BCUT2D eigenvalue weighted by Gasteiger charge is -2.12. The largest absolute Gasteiger partial charge is 0.467 e. The molecule has 8 nitrogen and oxygen atoms in total. The van der Waals surface area contributed by atoms with Crippen molar-refractivity contribution < 1.29 is 13.6 Å². The minimum atomic E-state index is -0.656. The van der Waals surface area contributed by atoms with Crippen molar-refractivity contribution in [1.29, 1.82) is 0 Å². The number of carbonyl (C=O) groups is 1. The van der Waals surface area contributed by atoms with E-state index in [4.69, 9.17) is 4.42 Å². The maximum Gasteiger partial charge on any atom is 0.337 e. The van der Waals surface area contributed by atoms with E-state index in [-0.39, 0.29) is 30.0 Å². The van der Waals surface area contributed by atoms with Gasteiger partial charge in [0.1, 0.15) is 11.6 Å². The van der Waals surface area contributed by atoms with Crippen molar-refractivity contribution in [2.24, 2.45) is 0 Å². The van der Waals surface area contributed by atoms with E-state index in [1.54, 1.807) is 18.2 Å². The van der Waals surface area contributed by atoms with Crippen molar-refractivity contribution in [3.05, 3.63) is 116 Å². The van der Waals surface area contributed by atoms with E-state index in [1.165, 1.54) is 46.0 Å². The van der Waals surface area contributed by atoms with Crippen LogP contribution in [-0.4, -0.2) is 24.5 Å². The normalized spacial score (nSPS) is 11.3. The second-order valence-corrected chi connectivity index (χ2v) is 8.35. The summed E-state index contributed by atoms with van der Waals surface area (Å²) in [5, 5.41) is 0. The molecule has 0 aliphatic heterocycles. The Morgan fingerprint density at radius 1 is 1.06 bits per heavy atom. The van der Waals surface area contributed by atoms with E-state index in [0.29, 0.717) is 17.0 Å². The van der Waals surface area contributed by atoms with Crippen molar-refractivity contribution >= 4 is 16.9 Å². The fraction of sp³-hybridized carbons (Fsp3) is 0.154. The number of hydrogen-bond acceptors (Lipinski definition) is 5. The van der Waals surface area contributed by atoms with Gasteiger partial charge in [0.25, 0.3) is 5.56 Å². The molecule has 3 aromatic heterocycles. The van der Waals surface area contributed by atoms with E-state index >= 15 is 0 Å². The third-order valence-corrected chi connectivity index (χ3v) is 5.88. The van der Waals surface area contributed by atoms with E-state index < -0.39 is 17.1 Å². The molecular formula is C26H21FN4O4. The Morgan fingerprint density at radius 2 is 1.83 bits per heavy atom. The fourth-order valence-electron chi connectivity index (χ4n) is 4.19. The third-order valence-electron chi connectivity index (χ3n) is 5.88. The standard InChI is InChI=1S/C26H21FN4O4/c1-16-5-10-21(17(2)12-16)22(32)14-29-15-28-24-23(29)25(33)30(13-20-4-3-11-35-20)26(34)31(24)19-8-6-18(27)7-9-19/h3-12,15H,13-14H2,1-2H3. The molecule has 0 bridgehead atoms. The van der Waals surface area contributed by atoms with E-state index in [0.717, 1.165) is 15.7 Å². The first kappa shape index (κ1) is 22.3. The number of fused-ring (bicyclic) bond motifs is 1. The quantitative estimate of drug-likeness (QED) is 0.352. The van der Waals surface area contributed by atoms with Crippen LogP contribution in [-0.2, 0) is 13.1 Å². The molecule has 0 fully saturated rings. The molecule has 2 aromatic carbocycles. The van der Waals surface area contributed by atoms with Crippen LogP contribution in [0.25, 0.3) is 16.9 Å². The van der Waals surface area contributed by atoms with Crippen LogP contribution >= 0.6 is 0 Å². The molecule has 0 unspecified atom stereocenters. The lowest BCUT2D eigenvalue weighted by Crippen LogP contribution is -2.40. The predicted octanol–water partition coefficient (Wildman–Crippen LogP) is 3.63. The number of nitrogens with zero attached hydrogens (tertiary/aromatic N) is 4. The summed E-state index contributed by atoms with van der Waals surface area (Å²) in [7, 11) is 0. The maximum atomic E-state index is 13.6. The number of furan rings is 1. The second-order valence-electron chi connectivity index (χ2n) is 8.35. The van der Waals surface area contributed by atoms with E-state index in [2.05, 4.69) is 4.98 Å². The number of carbonyl (C=O) groups excluding carboxylic acids is 1. The molecule has 9 heteroatoms. The Labute approximate surface area is 198 Å². The van der Waals surface area contributed by atoms with Gasteiger partial charge in [-0.2, -0.15) is 0 Å². The van der Waals surface area contributed by atoms with Crippen LogP contribution in [0, 0.1) is 19.7 Å². The van der Waals surface area contributed by atoms with Crippen molar-refractivity contribution in [2.45, 2.75) is 26.9 Å². The van der Waals surface area contributed by atoms with Crippen molar-refractivity contribution in [3.8, 4) is 5.69 Å². The first-order valence-corrected chi connectivity index (χ1v) is 10.9. The lowest BCUT2D eigenvalue weighted by atomic mass is 10.0. The average molecular weight is 472 g/mol. The molecule has 0 aliphatic rings. The predicted molar refractivity (Wildman–Crippen MR) is 128 cm³/mol. The molecule has 0 radical (unpaired) electrons. The summed E-state index contributed by atoms with van der Waals surface area (Å²) in [6.45, 7) is 3.55. The van der Waals surface area contributed by atoms with Crippen LogP contribution in [0.5, 0.6) is 0 Å². The Kier molecular flexibility index (Phi) is 5.52. The van der Waals surface area contributed by atoms with Crippen LogP contribution in [0.1, 0.15) is 27.2 Å². The molecule has 0 aliphatic carbocycles. The molecule has 0 saturated carbocycles. The molecule has 5 aromatic rings. The molecule has 35 heavy (non-hydrogen) atoms. The first-order valence-electron chi connectivity index (χ1n) is 10.9. The minimum absolute atomic E-state index is 0.0794. The molecule has 0 amide bonds. The van der Waals surface area contributed by atoms with Gasteiger partial charge in [-0.1, -0.05) is 23.8 Å². The van der Waals surface area contributed by atoms with Crippen molar-refractivity contribution in [2.75, 3.05) is 0 Å². The number of halogens is 1. The third kappa shape index (κ3) is 4.01. The van der Waals surface area contributed by atoms with Crippen molar-refractivity contribution in [3.63, 3.8) is 0 Å². The highest BCUT2D eigenvalue weighted by atomic mass is 19.1. The van der Waals surface area contributed by atoms with Gasteiger partial charge in [0.15, 0.2) is 16.9 Å². The fourth-order valence-corrected chi connectivity index (χ4v) is 4.19. The Balaban J connectivity index is 1.70. The Morgan fingerprint density at radius 3 is 2.51 bits per heavy atom. The molecule has 176 valence electrons. The zero-order valence-corrected chi connectivity index (χ0v) is 19.1. The van der Waals surface area contributed by atoms with Crippen LogP contribution in [0.2, 0.25) is 0 Å². The number of aromatic nitrogens is 4. The number of imidazole rings is 1. The van der Waals surface area contributed by atoms with Gasteiger partial charge < -0.3 is 8.98 Å². The molecule has 0 spiro atoms. The summed E-state index contributed by atoms with van der Waals surface area (Å²) in [5.41, 5.74) is 1.64. The van der Waals surface area contributed by atoms with Crippen LogP contribution < -0.4 is 11.2 Å². The number of aryl methyl sites for hydroxylation is 2. The van der Waals surface area contributed by atoms with Gasteiger partial charge in [0.2, 0.25) is 0 Å². The van der Waals surface area contributed by atoms with Crippen LogP contribution in [0.15, 0.2) is 81.2 Å². The van der Waals surface area contributed by atoms with Crippen LogP contribution in [0.3, 0.4) is 0 Å². The van der Waals surface area contributed by atoms with Gasteiger partial charge in [0, 0.05) is 5.56 Å². The van der Waals surface area contributed by atoms with Crippen molar-refractivity contribution in [1.82, 2.24) is 18.7 Å². The highest BCUT2D eigenvalue weighted by Crippen LogP contribution is 2.17. The minimum Gasteiger partial charge on any atom is -0.467 e. The number of rotatable bonds is 6. The van der Waals surface area contributed by atoms with Crippen LogP contribution in [0.4, 0.5) is 4.39 Å². The van der Waals surface area contributed by atoms with Gasteiger partial charge in [-0.15, -0.1) is 0 Å². The molecule has 0 N–H and O–H groups in total. The summed E-state index contributed by atoms with van der Waals surface area (Å²) >= 11 is 0. The summed E-state index contributed by atoms with van der Waals surface area (Å²) in [5.74, 6) is -0.253. The second kappa shape index (κ2) is 8.68.